The standard InChI is InChI=1S/C18H18N6O3S/c1-22-16-12(9-20-22)17(26)23(11-19-16)10-15(25)24(7-8-27-2)18-21-13-5-3-4-6-14(13)28-18/h3-6,9,11H,7-8,10H2,1-2H3. The number of methoxy groups -OCH3 is 1. The van der Waals surface area contributed by atoms with E-state index in [-0.39, 0.29) is 18.0 Å². The van der Waals surface area contributed by atoms with E-state index in [0.29, 0.717) is 29.3 Å². The molecule has 0 saturated carbocycles. The topological polar surface area (TPSA) is 95.1 Å². The maximum atomic E-state index is 13.0. The number of para-hydroxylation sites is 1. The van der Waals surface area contributed by atoms with Gasteiger partial charge in [0.15, 0.2) is 10.8 Å². The number of nitrogens with zero attached hydrogens (tertiary/aromatic N) is 6. The van der Waals surface area contributed by atoms with Crippen molar-refractivity contribution in [1.29, 1.82) is 0 Å². The van der Waals surface area contributed by atoms with Gasteiger partial charge < -0.3 is 4.74 Å². The molecule has 0 aliphatic carbocycles. The van der Waals surface area contributed by atoms with Crippen molar-refractivity contribution in [3.8, 4) is 0 Å². The van der Waals surface area contributed by atoms with Crippen molar-refractivity contribution in [1.82, 2.24) is 24.3 Å². The monoisotopic (exact) mass is 398 g/mol. The van der Waals surface area contributed by atoms with Crippen molar-refractivity contribution in [3.63, 3.8) is 0 Å². The Hall–Kier alpha value is -3.11. The van der Waals surface area contributed by atoms with Crippen LogP contribution in [0.5, 0.6) is 0 Å². The van der Waals surface area contributed by atoms with Crippen LogP contribution in [0.25, 0.3) is 21.3 Å². The number of aryl methyl sites for hydroxylation is 1. The van der Waals surface area contributed by atoms with Gasteiger partial charge in [-0.05, 0) is 12.1 Å². The lowest BCUT2D eigenvalue weighted by molar-refractivity contribution is -0.119. The molecule has 3 aromatic heterocycles. The first-order valence-corrected chi connectivity index (χ1v) is 9.42. The number of rotatable bonds is 6. The maximum Gasteiger partial charge on any atom is 0.264 e. The van der Waals surface area contributed by atoms with Crippen molar-refractivity contribution in [2.75, 3.05) is 25.2 Å². The van der Waals surface area contributed by atoms with Crippen LogP contribution in [-0.4, -0.2) is 50.5 Å². The summed E-state index contributed by atoms with van der Waals surface area (Å²) in [6.07, 6.45) is 2.83. The van der Waals surface area contributed by atoms with Crippen molar-refractivity contribution >= 4 is 43.6 Å². The second-order valence-corrected chi connectivity index (χ2v) is 7.19. The molecule has 0 radical (unpaired) electrons. The van der Waals surface area contributed by atoms with Crippen LogP contribution in [0.15, 0.2) is 41.6 Å². The fraction of sp³-hybridized carbons (Fsp3) is 0.278. The lowest BCUT2D eigenvalue weighted by atomic mass is 10.3. The summed E-state index contributed by atoms with van der Waals surface area (Å²) in [6, 6.07) is 7.70. The van der Waals surface area contributed by atoms with Crippen LogP contribution in [0.2, 0.25) is 0 Å². The summed E-state index contributed by atoms with van der Waals surface area (Å²) < 4.78 is 8.95. The van der Waals surface area contributed by atoms with E-state index >= 15 is 0 Å². The van der Waals surface area contributed by atoms with Gasteiger partial charge in [0.1, 0.15) is 18.3 Å². The predicted octanol–water partition coefficient (Wildman–Crippen LogP) is 1.42. The molecule has 0 bridgehead atoms. The highest BCUT2D eigenvalue weighted by Gasteiger charge is 2.21. The van der Waals surface area contributed by atoms with E-state index in [4.69, 9.17) is 4.74 Å². The van der Waals surface area contributed by atoms with E-state index in [1.54, 1.807) is 19.1 Å². The van der Waals surface area contributed by atoms with Gasteiger partial charge in [-0.1, -0.05) is 23.5 Å². The van der Waals surface area contributed by atoms with Gasteiger partial charge in [-0.15, -0.1) is 0 Å². The molecule has 0 N–H and O–H groups in total. The van der Waals surface area contributed by atoms with Crippen molar-refractivity contribution in [2.24, 2.45) is 7.05 Å². The molecule has 1 amide bonds. The van der Waals surface area contributed by atoms with E-state index in [0.717, 1.165) is 10.2 Å². The first kappa shape index (κ1) is 18.3. The molecule has 0 aliphatic rings. The zero-order chi connectivity index (χ0) is 19.7. The molecule has 0 spiro atoms. The number of carbonyl (C=O) groups excluding carboxylic acids is 1. The number of thiazole rings is 1. The number of anilines is 1. The molecule has 28 heavy (non-hydrogen) atoms. The number of amides is 1. The first-order chi connectivity index (χ1) is 13.6. The van der Waals surface area contributed by atoms with Crippen LogP contribution < -0.4 is 10.5 Å². The highest BCUT2D eigenvalue weighted by molar-refractivity contribution is 7.22. The number of aromatic nitrogens is 5. The molecule has 9 nitrogen and oxygen atoms in total. The normalized spacial score (nSPS) is 11.4. The van der Waals surface area contributed by atoms with Gasteiger partial charge in [0.05, 0.1) is 29.6 Å². The summed E-state index contributed by atoms with van der Waals surface area (Å²) in [7, 11) is 3.29. The van der Waals surface area contributed by atoms with Gasteiger partial charge in [-0.2, -0.15) is 5.10 Å². The van der Waals surface area contributed by atoms with Crippen LogP contribution in [0, 0.1) is 0 Å². The molecule has 4 rings (SSSR count). The summed E-state index contributed by atoms with van der Waals surface area (Å²) in [5.74, 6) is -0.261. The molecule has 0 saturated heterocycles. The van der Waals surface area contributed by atoms with Gasteiger partial charge in [0, 0.05) is 14.2 Å². The first-order valence-electron chi connectivity index (χ1n) is 8.60. The smallest absolute Gasteiger partial charge is 0.264 e. The summed E-state index contributed by atoms with van der Waals surface area (Å²) in [6.45, 7) is 0.555. The minimum absolute atomic E-state index is 0.143. The lowest BCUT2D eigenvalue weighted by Gasteiger charge is -2.19. The maximum absolute atomic E-state index is 13.0. The Bertz CT molecular complexity index is 1180. The number of fused-ring (bicyclic) bond motifs is 2. The number of carbonyl (C=O) groups is 1. The van der Waals surface area contributed by atoms with E-state index < -0.39 is 0 Å². The van der Waals surface area contributed by atoms with E-state index in [1.807, 2.05) is 24.3 Å². The van der Waals surface area contributed by atoms with E-state index in [2.05, 4.69) is 15.1 Å². The van der Waals surface area contributed by atoms with Gasteiger partial charge in [0.25, 0.3) is 5.56 Å². The third kappa shape index (κ3) is 3.27. The Morgan fingerprint density at radius 2 is 2.14 bits per heavy atom. The fourth-order valence-corrected chi connectivity index (χ4v) is 3.90. The van der Waals surface area contributed by atoms with Gasteiger partial charge in [-0.3, -0.25) is 23.7 Å². The van der Waals surface area contributed by atoms with Crippen LogP contribution in [-0.2, 0) is 23.1 Å². The largest absolute Gasteiger partial charge is 0.383 e. The number of benzene rings is 1. The summed E-state index contributed by atoms with van der Waals surface area (Å²) >= 11 is 1.43. The predicted molar refractivity (Wildman–Crippen MR) is 107 cm³/mol. The third-order valence-electron chi connectivity index (χ3n) is 4.36. The highest BCUT2D eigenvalue weighted by atomic mass is 32.1. The van der Waals surface area contributed by atoms with Crippen molar-refractivity contribution < 1.29 is 9.53 Å². The molecule has 0 unspecified atom stereocenters. The van der Waals surface area contributed by atoms with E-state index in [1.165, 1.54) is 33.1 Å². The Morgan fingerprint density at radius 1 is 1.32 bits per heavy atom. The molecular formula is C18H18N6O3S. The highest BCUT2D eigenvalue weighted by Crippen LogP contribution is 2.28. The van der Waals surface area contributed by atoms with Crippen LogP contribution >= 0.6 is 11.3 Å². The molecule has 1 aromatic carbocycles. The fourth-order valence-electron chi connectivity index (χ4n) is 2.90. The third-order valence-corrected chi connectivity index (χ3v) is 5.42. The van der Waals surface area contributed by atoms with Gasteiger partial charge in [-0.25, -0.2) is 9.97 Å². The Balaban J connectivity index is 1.66. The van der Waals surface area contributed by atoms with Gasteiger partial charge >= 0.3 is 0 Å². The Kier molecular flexibility index (Phi) is 4.88. The number of ether oxygens (including phenoxy) is 1. The van der Waals surface area contributed by atoms with Gasteiger partial charge in [0.2, 0.25) is 5.91 Å². The molecule has 144 valence electrons. The Morgan fingerprint density at radius 3 is 2.93 bits per heavy atom. The molecule has 0 fully saturated rings. The van der Waals surface area contributed by atoms with Crippen LogP contribution in [0.4, 0.5) is 5.13 Å². The van der Waals surface area contributed by atoms with Crippen molar-refractivity contribution in [2.45, 2.75) is 6.54 Å². The molecule has 4 aromatic rings. The van der Waals surface area contributed by atoms with Crippen LogP contribution in [0.3, 0.4) is 0 Å². The second kappa shape index (κ2) is 7.49. The molecular weight excluding hydrogens is 380 g/mol. The summed E-state index contributed by atoms with van der Waals surface area (Å²) in [4.78, 5) is 36.0. The Labute approximate surface area is 163 Å². The number of hydrogen-bond acceptors (Lipinski definition) is 7. The number of hydrogen-bond donors (Lipinski definition) is 0. The lowest BCUT2D eigenvalue weighted by Crippen LogP contribution is -2.38. The zero-order valence-electron chi connectivity index (χ0n) is 15.4. The average Bonchev–Trinajstić information content (AvgIpc) is 3.28. The minimum Gasteiger partial charge on any atom is -0.383 e. The van der Waals surface area contributed by atoms with Crippen LogP contribution in [0.1, 0.15) is 0 Å². The molecule has 0 aliphatic heterocycles. The SMILES string of the molecule is COCCN(C(=O)Cn1cnc2c(cnn2C)c1=O)c1nc2ccccc2s1. The minimum atomic E-state index is -0.303. The van der Waals surface area contributed by atoms with E-state index in [9.17, 15) is 9.59 Å². The molecule has 3 heterocycles. The average molecular weight is 398 g/mol. The van der Waals surface area contributed by atoms with Crippen molar-refractivity contribution in [3.05, 3.63) is 47.1 Å². The summed E-state index contributed by atoms with van der Waals surface area (Å²) in [5, 5.41) is 5.00. The quantitative estimate of drug-likeness (QED) is 0.487. The summed E-state index contributed by atoms with van der Waals surface area (Å²) in [5.41, 5.74) is 1.01. The zero-order valence-corrected chi connectivity index (χ0v) is 16.2. The molecule has 0 atom stereocenters. The molecule has 10 heteroatoms. The second-order valence-electron chi connectivity index (χ2n) is 6.19.